The summed E-state index contributed by atoms with van der Waals surface area (Å²) in [6.45, 7) is 0.580. The molecule has 1 fully saturated rings. The van der Waals surface area contributed by atoms with E-state index in [0.29, 0.717) is 23.6 Å². The summed E-state index contributed by atoms with van der Waals surface area (Å²) in [5.41, 5.74) is 1.67. The van der Waals surface area contributed by atoms with Gasteiger partial charge < -0.3 is 19.5 Å². The molecular formula is C22H26INO4. The summed E-state index contributed by atoms with van der Waals surface area (Å²) in [6, 6.07) is 11.7. The fourth-order valence-electron chi connectivity index (χ4n) is 4.05. The van der Waals surface area contributed by atoms with Gasteiger partial charge in [0.15, 0.2) is 11.5 Å². The summed E-state index contributed by atoms with van der Waals surface area (Å²) in [5, 5.41) is 3.17. The Labute approximate surface area is 179 Å². The molecule has 0 heterocycles. The molecule has 1 aliphatic carbocycles. The Bertz CT molecular complexity index is 846. The van der Waals surface area contributed by atoms with Crippen molar-refractivity contribution < 1.29 is 19.0 Å². The first-order valence-electron chi connectivity index (χ1n) is 9.38. The number of carbonyl (C=O) groups is 1. The molecule has 0 bridgehead atoms. The van der Waals surface area contributed by atoms with Gasteiger partial charge in [-0.2, -0.15) is 0 Å². The zero-order valence-electron chi connectivity index (χ0n) is 16.5. The molecule has 0 atom stereocenters. The lowest BCUT2D eigenvalue weighted by atomic mass is 9.78. The minimum Gasteiger partial charge on any atom is -0.496 e. The van der Waals surface area contributed by atoms with E-state index < -0.39 is 0 Å². The summed E-state index contributed by atoms with van der Waals surface area (Å²) in [6.07, 6.45) is 4.39. The van der Waals surface area contributed by atoms with Crippen LogP contribution in [0.15, 0.2) is 36.4 Å². The van der Waals surface area contributed by atoms with E-state index in [4.69, 9.17) is 14.2 Å². The normalized spacial score (nSPS) is 15.1. The molecule has 5 nitrogen and oxygen atoms in total. The van der Waals surface area contributed by atoms with Gasteiger partial charge in [0.05, 0.1) is 26.9 Å². The van der Waals surface area contributed by atoms with Crippen LogP contribution in [0.1, 0.15) is 41.6 Å². The van der Waals surface area contributed by atoms with Crippen molar-refractivity contribution >= 4 is 28.5 Å². The molecule has 28 heavy (non-hydrogen) atoms. The molecule has 1 N–H and O–H groups in total. The maximum Gasteiger partial charge on any atom is 0.252 e. The molecule has 0 aliphatic heterocycles. The van der Waals surface area contributed by atoms with Crippen LogP contribution in [0.2, 0.25) is 0 Å². The van der Waals surface area contributed by atoms with Crippen LogP contribution in [0, 0.1) is 3.57 Å². The van der Waals surface area contributed by atoms with Gasteiger partial charge in [0.2, 0.25) is 0 Å². The molecular weight excluding hydrogens is 469 g/mol. The highest BCUT2D eigenvalue weighted by Gasteiger charge is 2.38. The quantitative estimate of drug-likeness (QED) is 0.573. The Balaban J connectivity index is 1.84. The molecule has 1 saturated carbocycles. The van der Waals surface area contributed by atoms with E-state index in [1.54, 1.807) is 27.4 Å². The van der Waals surface area contributed by atoms with Crippen LogP contribution in [0.25, 0.3) is 0 Å². The van der Waals surface area contributed by atoms with E-state index in [-0.39, 0.29) is 11.3 Å². The van der Waals surface area contributed by atoms with E-state index in [1.165, 1.54) is 5.56 Å². The number of benzene rings is 2. The molecule has 0 radical (unpaired) electrons. The number of amides is 1. The number of para-hydroxylation sites is 1. The molecule has 2 aromatic carbocycles. The Morgan fingerprint density at radius 3 is 2.25 bits per heavy atom. The van der Waals surface area contributed by atoms with Crippen molar-refractivity contribution in [3.63, 3.8) is 0 Å². The highest BCUT2D eigenvalue weighted by molar-refractivity contribution is 14.1. The molecule has 6 heteroatoms. The minimum atomic E-state index is -0.105. The lowest BCUT2D eigenvalue weighted by Crippen LogP contribution is -2.39. The Morgan fingerprint density at radius 1 is 1.00 bits per heavy atom. The van der Waals surface area contributed by atoms with Crippen LogP contribution in [-0.2, 0) is 5.41 Å². The van der Waals surface area contributed by atoms with Crippen molar-refractivity contribution in [2.45, 2.75) is 31.1 Å². The second-order valence-electron chi connectivity index (χ2n) is 7.06. The zero-order chi connectivity index (χ0) is 20.1. The van der Waals surface area contributed by atoms with Gasteiger partial charge in [-0.25, -0.2) is 0 Å². The maximum atomic E-state index is 13.0. The van der Waals surface area contributed by atoms with Crippen molar-refractivity contribution in [3.8, 4) is 17.2 Å². The minimum absolute atomic E-state index is 0.0930. The van der Waals surface area contributed by atoms with E-state index in [2.05, 4.69) is 34.0 Å². The Morgan fingerprint density at radius 2 is 1.61 bits per heavy atom. The first-order chi connectivity index (χ1) is 13.5. The topological polar surface area (TPSA) is 56.8 Å². The van der Waals surface area contributed by atoms with Crippen molar-refractivity contribution in [2.24, 2.45) is 0 Å². The van der Waals surface area contributed by atoms with Crippen molar-refractivity contribution in [3.05, 3.63) is 51.1 Å². The molecule has 0 unspecified atom stereocenters. The second kappa shape index (κ2) is 9.03. The van der Waals surface area contributed by atoms with E-state index in [9.17, 15) is 4.79 Å². The third-order valence-corrected chi connectivity index (χ3v) is 6.44. The van der Waals surface area contributed by atoms with Crippen LogP contribution in [-0.4, -0.2) is 33.8 Å². The van der Waals surface area contributed by atoms with Crippen molar-refractivity contribution in [1.82, 2.24) is 5.32 Å². The van der Waals surface area contributed by atoms with Gasteiger partial charge in [-0.15, -0.1) is 0 Å². The van der Waals surface area contributed by atoms with Crippen LogP contribution in [0.5, 0.6) is 17.2 Å². The number of rotatable bonds is 7. The van der Waals surface area contributed by atoms with Crippen LogP contribution >= 0.6 is 22.6 Å². The standard InChI is InChI=1S/C22H26INO4/c1-26-18-9-5-4-8-16(18)22(10-6-7-11-22)14-24-21(25)15-12-19(27-2)20(28-3)13-17(15)23/h4-5,8-9,12-13H,6-7,10-11,14H2,1-3H3,(H,24,25). The number of hydrogen-bond acceptors (Lipinski definition) is 4. The van der Waals surface area contributed by atoms with E-state index in [1.807, 2.05) is 24.3 Å². The zero-order valence-corrected chi connectivity index (χ0v) is 18.7. The monoisotopic (exact) mass is 495 g/mol. The van der Waals surface area contributed by atoms with Gasteiger partial charge in [0.1, 0.15) is 5.75 Å². The average molecular weight is 495 g/mol. The number of methoxy groups -OCH3 is 3. The highest BCUT2D eigenvalue weighted by atomic mass is 127. The SMILES string of the molecule is COc1cc(I)c(C(=O)NCC2(c3ccccc3OC)CCCC2)cc1OC. The van der Waals surface area contributed by atoms with Gasteiger partial charge in [-0.3, -0.25) is 4.79 Å². The lowest BCUT2D eigenvalue weighted by Gasteiger charge is -2.31. The predicted octanol–water partition coefficient (Wildman–Crippen LogP) is 4.56. The van der Waals surface area contributed by atoms with E-state index in [0.717, 1.165) is 35.0 Å². The van der Waals surface area contributed by atoms with Crippen LogP contribution in [0.3, 0.4) is 0 Å². The summed E-state index contributed by atoms with van der Waals surface area (Å²) < 4.78 is 17.1. The maximum absolute atomic E-state index is 13.0. The largest absolute Gasteiger partial charge is 0.496 e. The summed E-state index contributed by atoms with van der Waals surface area (Å²) in [4.78, 5) is 13.0. The third kappa shape index (κ3) is 4.06. The van der Waals surface area contributed by atoms with Crippen LogP contribution in [0.4, 0.5) is 0 Å². The predicted molar refractivity (Wildman–Crippen MR) is 118 cm³/mol. The molecule has 1 aliphatic rings. The summed E-state index contributed by atoms with van der Waals surface area (Å²) in [7, 11) is 4.86. The fraction of sp³-hybridized carbons (Fsp3) is 0.409. The van der Waals surface area contributed by atoms with Gasteiger partial charge in [-0.1, -0.05) is 31.0 Å². The van der Waals surface area contributed by atoms with Crippen molar-refractivity contribution in [2.75, 3.05) is 27.9 Å². The first-order valence-corrected chi connectivity index (χ1v) is 10.5. The summed E-state index contributed by atoms with van der Waals surface area (Å²) >= 11 is 2.16. The molecule has 0 saturated heterocycles. The molecule has 1 amide bonds. The average Bonchev–Trinajstić information content (AvgIpc) is 3.21. The van der Waals surface area contributed by atoms with Gasteiger partial charge in [-0.05, 0) is 53.6 Å². The highest BCUT2D eigenvalue weighted by Crippen LogP contribution is 2.44. The lowest BCUT2D eigenvalue weighted by molar-refractivity contribution is 0.0941. The van der Waals surface area contributed by atoms with Crippen molar-refractivity contribution in [1.29, 1.82) is 0 Å². The van der Waals surface area contributed by atoms with Crippen LogP contribution < -0.4 is 19.5 Å². The van der Waals surface area contributed by atoms with E-state index >= 15 is 0 Å². The molecule has 0 spiro atoms. The van der Waals surface area contributed by atoms with Gasteiger partial charge in [0.25, 0.3) is 5.91 Å². The molecule has 150 valence electrons. The number of ether oxygens (including phenoxy) is 3. The number of halogens is 1. The molecule has 0 aromatic heterocycles. The number of nitrogens with one attached hydrogen (secondary N) is 1. The number of hydrogen-bond donors (Lipinski definition) is 1. The third-order valence-electron chi connectivity index (χ3n) is 5.54. The number of carbonyl (C=O) groups excluding carboxylic acids is 1. The first kappa shape index (κ1) is 20.8. The smallest absolute Gasteiger partial charge is 0.252 e. The fourth-order valence-corrected chi connectivity index (χ4v) is 4.73. The molecule has 2 aromatic rings. The van der Waals surface area contributed by atoms with Gasteiger partial charge in [0, 0.05) is 21.1 Å². The summed E-state index contributed by atoms with van der Waals surface area (Å²) in [5.74, 6) is 1.95. The van der Waals surface area contributed by atoms with Gasteiger partial charge >= 0.3 is 0 Å². The molecule has 3 rings (SSSR count). The Kier molecular flexibility index (Phi) is 6.69. The second-order valence-corrected chi connectivity index (χ2v) is 8.22. The Hall–Kier alpha value is -1.96.